The molecule has 0 bridgehead atoms. The highest BCUT2D eigenvalue weighted by Crippen LogP contribution is 2.45. The Kier molecular flexibility index (Phi) is 3.90. The van der Waals surface area contributed by atoms with E-state index in [2.05, 4.69) is 28.1 Å². The smallest absolute Gasteiger partial charge is 0.163 e. The van der Waals surface area contributed by atoms with Gasteiger partial charge in [-0.15, -0.1) is 11.3 Å². The van der Waals surface area contributed by atoms with Crippen molar-refractivity contribution in [1.29, 1.82) is 0 Å². The number of ketones is 1. The molecule has 0 saturated carbocycles. The van der Waals surface area contributed by atoms with Crippen LogP contribution in [0.2, 0.25) is 0 Å². The fourth-order valence-electron chi connectivity index (χ4n) is 4.04. The number of carbonyl (C=O) groups is 1. The molecule has 2 aromatic heterocycles. The first kappa shape index (κ1) is 16.4. The van der Waals surface area contributed by atoms with Crippen LogP contribution in [0, 0.1) is 6.92 Å². The molecule has 0 radical (unpaired) electrons. The summed E-state index contributed by atoms with van der Waals surface area (Å²) in [4.78, 5) is 14.5. The summed E-state index contributed by atoms with van der Waals surface area (Å²) in [6.45, 7) is 1.93. The predicted octanol–water partition coefficient (Wildman–Crippen LogP) is 5.63. The quantitative estimate of drug-likeness (QED) is 0.609. The van der Waals surface area contributed by atoms with Crippen molar-refractivity contribution in [2.24, 2.45) is 0 Å². The highest BCUT2D eigenvalue weighted by atomic mass is 32.1. The lowest BCUT2D eigenvalue weighted by Crippen LogP contribution is -2.26. The summed E-state index contributed by atoms with van der Waals surface area (Å²) in [5.41, 5.74) is 3.77. The maximum absolute atomic E-state index is 13.3. The number of aryl methyl sites for hydroxylation is 1. The first-order valence-corrected chi connectivity index (χ1v) is 10.1. The molecule has 2 atom stereocenters. The lowest BCUT2D eigenvalue weighted by atomic mass is 9.82. The predicted molar refractivity (Wildman–Crippen MR) is 108 cm³/mol. The van der Waals surface area contributed by atoms with E-state index in [4.69, 9.17) is 4.42 Å². The fraction of sp³-hybridized carbons (Fsp3) is 0.227. The lowest BCUT2D eigenvalue weighted by molar-refractivity contribution is -0.116. The molecule has 1 aromatic carbocycles. The lowest BCUT2D eigenvalue weighted by Gasteiger charge is -2.28. The largest absolute Gasteiger partial charge is 0.464 e. The van der Waals surface area contributed by atoms with E-state index in [1.165, 1.54) is 4.88 Å². The van der Waals surface area contributed by atoms with Gasteiger partial charge in [0, 0.05) is 28.5 Å². The van der Waals surface area contributed by atoms with Crippen LogP contribution in [-0.2, 0) is 4.79 Å². The van der Waals surface area contributed by atoms with Crippen molar-refractivity contribution in [3.8, 4) is 0 Å². The normalized spacial score (nSPS) is 21.7. The topological polar surface area (TPSA) is 54.3 Å². The van der Waals surface area contributed by atoms with Gasteiger partial charge in [-0.2, -0.15) is 0 Å². The number of furan rings is 1. The summed E-state index contributed by atoms with van der Waals surface area (Å²) in [6.07, 6.45) is 1.36. The molecule has 0 saturated heterocycles. The standard InChI is InChI=1S/C22H20N2O2S/c1-13-8-9-19(26-13)22-21-17(23-15-5-2-3-6-16(15)24-22)11-14(12-18(21)25)20-7-4-10-27-20/h2-10,14,22-24H,11-12H2,1H3/t14-,22+/m1/s1. The number of carbonyl (C=O) groups excluding carboxylic acids is 1. The van der Waals surface area contributed by atoms with E-state index in [1.807, 2.05) is 43.3 Å². The van der Waals surface area contributed by atoms with Gasteiger partial charge in [-0.1, -0.05) is 18.2 Å². The summed E-state index contributed by atoms with van der Waals surface area (Å²) >= 11 is 1.73. The van der Waals surface area contributed by atoms with Crippen LogP contribution in [0.1, 0.15) is 41.2 Å². The molecule has 27 heavy (non-hydrogen) atoms. The fourth-order valence-corrected chi connectivity index (χ4v) is 4.87. The number of allylic oxidation sites excluding steroid dienone is 1. The zero-order chi connectivity index (χ0) is 18.4. The number of nitrogens with one attached hydrogen (secondary N) is 2. The monoisotopic (exact) mass is 376 g/mol. The Bertz CT molecular complexity index is 1030. The van der Waals surface area contributed by atoms with Crippen LogP contribution >= 0.6 is 11.3 Å². The minimum absolute atomic E-state index is 0.182. The zero-order valence-electron chi connectivity index (χ0n) is 15.0. The average Bonchev–Trinajstić information content (AvgIpc) is 3.30. The van der Waals surface area contributed by atoms with Crippen molar-refractivity contribution >= 4 is 28.5 Å². The van der Waals surface area contributed by atoms with Crippen LogP contribution < -0.4 is 10.6 Å². The van der Waals surface area contributed by atoms with Crippen LogP contribution in [-0.4, -0.2) is 5.78 Å². The molecular formula is C22H20N2O2S. The maximum Gasteiger partial charge on any atom is 0.163 e. The molecule has 3 heterocycles. The van der Waals surface area contributed by atoms with E-state index in [-0.39, 0.29) is 17.7 Å². The van der Waals surface area contributed by atoms with Crippen molar-refractivity contribution in [2.75, 3.05) is 10.6 Å². The number of anilines is 2. The van der Waals surface area contributed by atoms with E-state index in [1.54, 1.807) is 11.3 Å². The number of thiophene rings is 1. The Labute approximate surface area is 161 Å². The molecule has 1 aliphatic heterocycles. The van der Waals surface area contributed by atoms with Crippen molar-refractivity contribution in [3.63, 3.8) is 0 Å². The first-order valence-electron chi connectivity index (χ1n) is 9.17. The van der Waals surface area contributed by atoms with Gasteiger partial charge in [0.05, 0.1) is 11.4 Å². The number of hydrogen-bond donors (Lipinski definition) is 2. The highest BCUT2D eigenvalue weighted by molar-refractivity contribution is 7.10. The van der Waals surface area contributed by atoms with Crippen molar-refractivity contribution < 1.29 is 9.21 Å². The van der Waals surface area contributed by atoms with Crippen molar-refractivity contribution in [2.45, 2.75) is 31.7 Å². The van der Waals surface area contributed by atoms with E-state index < -0.39 is 0 Å². The molecule has 5 heteroatoms. The SMILES string of the molecule is Cc1ccc([C@@H]2Nc3ccccc3NC3=C2C(=O)C[C@H](c2cccs2)C3)o1. The molecule has 0 spiro atoms. The van der Waals surface area contributed by atoms with Crippen LogP contribution in [0.15, 0.2) is 69.6 Å². The van der Waals surface area contributed by atoms with Gasteiger partial charge in [0.25, 0.3) is 0 Å². The van der Waals surface area contributed by atoms with Crippen LogP contribution in [0.5, 0.6) is 0 Å². The third-order valence-corrected chi connectivity index (χ3v) is 6.33. The van der Waals surface area contributed by atoms with E-state index in [0.717, 1.165) is 40.6 Å². The van der Waals surface area contributed by atoms with Gasteiger partial charge in [0.15, 0.2) is 5.78 Å². The summed E-state index contributed by atoms with van der Waals surface area (Å²) in [7, 11) is 0. The summed E-state index contributed by atoms with van der Waals surface area (Å²) in [5, 5.41) is 9.16. The molecule has 0 amide bonds. The van der Waals surface area contributed by atoms with Crippen LogP contribution in [0.4, 0.5) is 11.4 Å². The molecular weight excluding hydrogens is 356 g/mol. The third kappa shape index (κ3) is 2.88. The number of para-hydroxylation sites is 2. The van der Waals surface area contributed by atoms with Crippen LogP contribution in [0.3, 0.4) is 0 Å². The Morgan fingerprint density at radius 3 is 2.63 bits per heavy atom. The number of benzene rings is 1. The maximum atomic E-state index is 13.3. The van der Waals surface area contributed by atoms with Gasteiger partial charge in [-0.05, 0) is 49.1 Å². The summed E-state index contributed by atoms with van der Waals surface area (Å²) in [5.74, 6) is 2.04. The summed E-state index contributed by atoms with van der Waals surface area (Å²) in [6, 6.07) is 15.9. The van der Waals surface area contributed by atoms with E-state index in [0.29, 0.717) is 6.42 Å². The van der Waals surface area contributed by atoms with Gasteiger partial charge in [0.1, 0.15) is 17.6 Å². The highest BCUT2D eigenvalue weighted by Gasteiger charge is 2.37. The Balaban J connectivity index is 1.62. The first-order chi connectivity index (χ1) is 13.2. The molecule has 2 aliphatic rings. The van der Waals surface area contributed by atoms with Gasteiger partial charge < -0.3 is 15.1 Å². The number of rotatable bonds is 2. The van der Waals surface area contributed by atoms with Crippen LogP contribution in [0.25, 0.3) is 0 Å². The number of hydrogen-bond acceptors (Lipinski definition) is 5. The van der Waals surface area contributed by atoms with Crippen molar-refractivity contribution in [3.05, 3.63) is 81.6 Å². The Morgan fingerprint density at radius 2 is 1.89 bits per heavy atom. The number of fused-ring (bicyclic) bond motifs is 1. The molecule has 3 aromatic rings. The van der Waals surface area contributed by atoms with Gasteiger partial charge in [-0.25, -0.2) is 0 Å². The second-order valence-electron chi connectivity index (χ2n) is 7.13. The minimum atomic E-state index is -0.276. The molecule has 4 nitrogen and oxygen atoms in total. The Morgan fingerprint density at radius 1 is 1.04 bits per heavy atom. The zero-order valence-corrected chi connectivity index (χ0v) is 15.8. The van der Waals surface area contributed by atoms with E-state index in [9.17, 15) is 4.79 Å². The minimum Gasteiger partial charge on any atom is -0.464 e. The number of Topliss-reactive ketones (excluding diaryl/α,β-unsaturated/α-hetero) is 1. The summed E-state index contributed by atoms with van der Waals surface area (Å²) < 4.78 is 5.92. The van der Waals surface area contributed by atoms with Gasteiger partial charge >= 0.3 is 0 Å². The Hall–Kier alpha value is -2.79. The second-order valence-corrected chi connectivity index (χ2v) is 8.11. The molecule has 136 valence electrons. The molecule has 2 N–H and O–H groups in total. The molecule has 0 fully saturated rings. The van der Waals surface area contributed by atoms with Gasteiger partial charge in [-0.3, -0.25) is 4.79 Å². The van der Waals surface area contributed by atoms with Gasteiger partial charge in [0.2, 0.25) is 0 Å². The van der Waals surface area contributed by atoms with Crippen molar-refractivity contribution in [1.82, 2.24) is 0 Å². The second kappa shape index (κ2) is 6.43. The van der Waals surface area contributed by atoms with E-state index >= 15 is 0 Å². The third-order valence-electron chi connectivity index (χ3n) is 5.30. The average molecular weight is 376 g/mol. The molecule has 1 aliphatic carbocycles. The molecule has 0 unspecified atom stereocenters. The molecule has 5 rings (SSSR count).